The molecule has 2 rings (SSSR count). The highest BCUT2D eigenvalue weighted by atomic mass is 16.5. The minimum Gasteiger partial charge on any atom is -0.494 e. The lowest BCUT2D eigenvalue weighted by Gasteiger charge is -2.15. The Morgan fingerprint density at radius 3 is 2.77 bits per heavy atom. The van der Waals surface area contributed by atoms with Gasteiger partial charge in [-0.15, -0.1) is 0 Å². The highest BCUT2D eigenvalue weighted by Gasteiger charge is 2.10. The maximum Gasteiger partial charge on any atom is 0.146 e. The predicted octanol–water partition coefficient (Wildman–Crippen LogP) is 4.36. The molecule has 1 N–H and O–H groups in total. The molecule has 4 heteroatoms. The average molecular weight is 297 g/mol. The topological polar surface area (TPSA) is 46.5 Å². The molecule has 0 spiro atoms. The lowest BCUT2D eigenvalue weighted by Crippen LogP contribution is -2.02. The van der Waals surface area contributed by atoms with Crippen LogP contribution in [0.15, 0.2) is 41.6 Å². The Morgan fingerprint density at radius 1 is 1.32 bits per heavy atom. The molecule has 4 nitrogen and oxygen atoms in total. The molecular weight excluding hydrogens is 274 g/mol. The number of nitrogens with zero attached hydrogens (tertiary/aromatic N) is 2. The van der Waals surface area contributed by atoms with Crippen molar-refractivity contribution < 1.29 is 4.74 Å². The van der Waals surface area contributed by atoms with Crippen LogP contribution in [-0.4, -0.2) is 17.8 Å². The van der Waals surface area contributed by atoms with Crippen molar-refractivity contribution in [1.82, 2.24) is 4.98 Å². The smallest absolute Gasteiger partial charge is 0.146 e. The Balaban J connectivity index is 2.21. The molecule has 0 aliphatic carbocycles. The number of nitrogens with one attached hydrogen (secondary N) is 1. The Morgan fingerprint density at radius 2 is 2.14 bits per heavy atom. The summed E-state index contributed by atoms with van der Waals surface area (Å²) in [5.74, 6) is 2.09. The molecule has 0 saturated heterocycles. The molecule has 116 valence electrons. The second-order valence-corrected chi connectivity index (χ2v) is 5.42. The first-order valence-corrected chi connectivity index (χ1v) is 7.59. The SMILES string of the molecule is CCOc1cc(C)c(/C=N/Nc2ccccn2)cc1C(C)C. The first-order valence-electron chi connectivity index (χ1n) is 7.59. The summed E-state index contributed by atoms with van der Waals surface area (Å²) >= 11 is 0. The average Bonchev–Trinajstić information content (AvgIpc) is 2.50. The van der Waals surface area contributed by atoms with E-state index in [2.05, 4.69) is 48.4 Å². The molecule has 0 aliphatic rings. The van der Waals surface area contributed by atoms with Crippen molar-refractivity contribution in [1.29, 1.82) is 0 Å². The molecule has 2 aromatic rings. The van der Waals surface area contributed by atoms with E-state index in [-0.39, 0.29) is 0 Å². The van der Waals surface area contributed by atoms with Crippen LogP contribution in [-0.2, 0) is 0 Å². The van der Waals surface area contributed by atoms with E-state index in [0.717, 1.165) is 22.7 Å². The van der Waals surface area contributed by atoms with Crippen LogP contribution >= 0.6 is 0 Å². The Bertz CT molecular complexity index is 636. The van der Waals surface area contributed by atoms with Gasteiger partial charge in [0.05, 0.1) is 12.8 Å². The van der Waals surface area contributed by atoms with Gasteiger partial charge in [0.15, 0.2) is 0 Å². The number of benzene rings is 1. The summed E-state index contributed by atoms with van der Waals surface area (Å²) in [5, 5.41) is 4.27. The zero-order valence-corrected chi connectivity index (χ0v) is 13.6. The Hall–Kier alpha value is -2.36. The van der Waals surface area contributed by atoms with Gasteiger partial charge in [-0.1, -0.05) is 19.9 Å². The summed E-state index contributed by atoms with van der Waals surface area (Å²) < 4.78 is 5.74. The number of aromatic nitrogens is 1. The van der Waals surface area contributed by atoms with Gasteiger partial charge >= 0.3 is 0 Å². The van der Waals surface area contributed by atoms with Gasteiger partial charge in [-0.3, -0.25) is 5.43 Å². The summed E-state index contributed by atoms with van der Waals surface area (Å²) in [5.41, 5.74) is 6.35. The fourth-order valence-corrected chi connectivity index (χ4v) is 2.18. The molecule has 0 fully saturated rings. The third kappa shape index (κ3) is 4.07. The molecule has 0 saturated carbocycles. The highest BCUT2D eigenvalue weighted by molar-refractivity contribution is 5.83. The summed E-state index contributed by atoms with van der Waals surface area (Å²) in [4.78, 5) is 4.17. The number of hydrogen-bond acceptors (Lipinski definition) is 4. The van der Waals surface area contributed by atoms with Crippen LogP contribution in [0.5, 0.6) is 5.75 Å². The van der Waals surface area contributed by atoms with Crippen LogP contribution in [0.3, 0.4) is 0 Å². The molecule has 0 bridgehead atoms. The van der Waals surface area contributed by atoms with E-state index < -0.39 is 0 Å². The van der Waals surface area contributed by atoms with E-state index in [4.69, 9.17) is 4.74 Å². The van der Waals surface area contributed by atoms with Gasteiger partial charge in [-0.05, 0) is 60.7 Å². The van der Waals surface area contributed by atoms with Crippen LogP contribution in [0.1, 0.15) is 43.4 Å². The Labute approximate surface area is 132 Å². The van der Waals surface area contributed by atoms with Crippen molar-refractivity contribution in [3.63, 3.8) is 0 Å². The van der Waals surface area contributed by atoms with Crippen LogP contribution in [0.25, 0.3) is 0 Å². The van der Waals surface area contributed by atoms with E-state index in [1.54, 1.807) is 6.20 Å². The van der Waals surface area contributed by atoms with E-state index in [9.17, 15) is 0 Å². The van der Waals surface area contributed by atoms with Crippen molar-refractivity contribution in [2.45, 2.75) is 33.6 Å². The molecule has 0 aliphatic heterocycles. The van der Waals surface area contributed by atoms with Gasteiger partial charge < -0.3 is 4.74 Å². The lowest BCUT2D eigenvalue weighted by atomic mass is 9.97. The maximum absolute atomic E-state index is 5.74. The van der Waals surface area contributed by atoms with Gasteiger partial charge in [0, 0.05) is 6.20 Å². The first kappa shape index (κ1) is 16.0. The second-order valence-electron chi connectivity index (χ2n) is 5.42. The summed E-state index contributed by atoms with van der Waals surface area (Å²) in [6, 6.07) is 9.90. The minimum atomic E-state index is 0.401. The normalized spacial score (nSPS) is 11.1. The quantitative estimate of drug-likeness (QED) is 0.636. The summed E-state index contributed by atoms with van der Waals surface area (Å²) in [7, 11) is 0. The fraction of sp³-hybridized carbons (Fsp3) is 0.333. The number of ether oxygens (including phenoxy) is 1. The van der Waals surface area contributed by atoms with Crippen molar-refractivity contribution in [2.75, 3.05) is 12.0 Å². The standard InChI is InChI=1S/C18H23N3O/c1-5-22-17-10-14(4)15(11-16(17)13(2)3)12-20-21-18-8-6-7-9-19-18/h6-13H,5H2,1-4H3,(H,19,21)/b20-12+. The number of rotatable bonds is 6. The number of hydrazone groups is 1. The fourth-order valence-electron chi connectivity index (χ4n) is 2.18. The van der Waals surface area contributed by atoms with Crippen molar-refractivity contribution in [3.05, 3.63) is 53.2 Å². The monoisotopic (exact) mass is 297 g/mol. The maximum atomic E-state index is 5.74. The predicted molar refractivity (Wildman–Crippen MR) is 91.9 cm³/mol. The van der Waals surface area contributed by atoms with Crippen molar-refractivity contribution >= 4 is 12.0 Å². The largest absolute Gasteiger partial charge is 0.494 e. The van der Waals surface area contributed by atoms with Gasteiger partial charge in [-0.25, -0.2) is 4.98 Å². The molecular formula is C18H23N3O. The molecule has 22 heavy (non-hydrogen) atoms. The zero-order chi connectivity index (χ0) is 15.9. The molecule has 0 radical (unpaired) electrons. The van der Waals surface area contributed by atoms with E-state index in [1.165, 1.54) is 5.56 Å². The molecule has 0 amide bonds. The Kier molecular flexibility index (Phi) is 5.53. The van der Waals surface area contributed by atoms with E-state index >= 15 is 0 Å². The van der Waals surface area contributed by atoms with Gasteiger partial charge in [-0.2, -0.15) is 5.10 Å². The lowest BCUT2D eigenvalue weighted by molar-refractivity contribution is 0.335. The van der Waals surface area contributed by atoms with Crippen molar-refractivity contribution in [3.8, 4) is 5.75 Å². The summed E-state index contributed by atoms with van der Waals surface area (Å²) in [6.45, 7) is 9.08. The molecule has 1 aromatic carbocycles. The van der Waals surface area contributed by atoms with Gasteiger partial charge in [0.25, 0.3) is 0 Å². The number of aryl methyl sites for hydroxylation is 1. The zero-order valence-electron chi connectivity index (χ0n) is 13.6. The molecule has 0 atom stereocenters. The van der Waals surface area contributed by atoms with Gasteiger partial charge in [0.2, 0.25) is 0 Å². The molecule has 0 unspecified atom stereocenters. The van der Waals surface area contributed by atoms with Crippen LogP contribution in [0, 0.1) is 6.92 Å². The van der Waals surface area contributed by atoms with Crippen LogP contribution in [0.2, 0.25) is 0 Å². The number of hydrogen-bond donors (Lipinski definition) is 1. The molecule has 1 heterocycles. The highest BCUT2D eigenvalue weighted by Crippen LogP contribution is 2.29. The number of pyridine rings is 1. The van der Waals surface area contributed by atoms with Crippen LogP contribution in [0.4, 0.5) is 5.82 Å². The van der Waals surface area contributed by atoms with E-state index in [1.807, 2.05) is 31.3 Å². The third-order valence-corrected chi connectivity index (χ3v) is 3.37. The first-order chi connectivity index (χ1) is 10.6. The second kappa shape index (κ2) is 7.59. The number of anilines is 1. The third-order valence-electron chi connectivity index (χ3n) is 3.37. The minimum absolute atomic E-state index is 0.401. The van der Waals surface area contributed by atoms with E-state index in [0.29, 0.717) is 12.5 Å². The van der Waals surface area contributed by atoms with Gasteiger partial charge in [0.1, 0.15) is 11.6 Å². The van der Waals surface area contributed by atoms with Crippen LogP contribution < -0.4 is 10.2 Å². The molecule has 1 aromatic heterocycles. The van der Waals surface area contributed by atoms with Crippen molar-refractivity contribution in [2.24, 2.45) is 5.10 Å². The summed E-state index contributed by atoms with van der Waals surface area (Å²) in [6.07, 6.45) is 3.56.